The SMILES string of the molecule is COC(=O)[C@@H]1C[C@@H](O)CN1Cc1ncc(C(C)(C)C)o1. The number of β-amino-alcohol motifs (C(OH)–C–C–N with tert-alkyl or cyclic N) is 1. The van der Waals surface area contributed by atoms with Crippen LogP contribution in [0.4, 0.5) is 0 Å². The molecule has 20 heavy (non-hydrogen) atoms. The lowest BCUT2D eigenvalue weighted by Gasteiger charge is -2.20. The maximum atomic E-state index is 11.7. The Balaban J connectivity index is 2.08. The summed E-state index contributed by atoms with van der Waals surface area (Å²) >= 11 is 0. The van der Waals surface area contributed by atoms with E-state index in [4.69, 9.17) is 9.15 Å². The molecule has 1 aromatic rings. The van der Waals surface area contributed by atoms with Crippen LogP contribution in [0.5, 0.6) is 0 Å². The number of carbonyl (C=O) groups excluding carboxylic acids is 1. The Morgan fingerprint density at radius 3 is 2.85 bits per heavy atom. The third-order valence-corrected chi connectivity index (χ3v) is 3.49. The lowest BCUT2D eigenvalue weighted by molar-refractivity contribution is -0.146. The largest absolute Gasteiger partial charge is 0.468 e. The third-order valence-electron chi connectivity index (χ3n) is 3.49. The lowest BCUT2D eigenvalue weighted by atomic mass is 9.94. The summed E-state index contributed by atoms with van der Waals surface area (Å²) in [7, 11) is 1.36. The molecule has 1 aliphatic rings. The van der Waals surface area contributed by atoms with E-state index in [1.54, 1.807) is 6.20 Å². The van der Waals surface area contributed by atoms with Gasteiger partial charge in [0.05, 0.1) is 26.0 Å². The molecule has 2 heterocycles. The normalized spacial score (nSPS) is 24.1. The number of rotatable bonds is 3. The highest BCUT2D eigenvalue weighted by Gasteiger charge is 2.37. The minimum absolute atomic E-state index is 0.0997. The molecule has 112 valence electrons. The van der Waals surface area contributed by atoms with Gasteiger partial charge in [-0.1, -0.05) is 20.8 Å². The molecule has 0 aliphatic carbocycles. The first kappa shape index (κ1) is 15.0. The standard InChI is InChI=1S/C14H22N2O4/c1-14(2,3)11-6-15-12(20-11)8-16-7-9(17)5-10(16)13(18)19-4/h6,9-10,17H,5,7-8H2,1-4H3/t9-,10+/m1/s1. The average molecular weight is 282 g/mol. The van der Waals surface area contributed by atoms with E-state index in [1.165, 1.54) is 7.11 Å². The zero-order valence-electron chi connectivity index (χ0n) is 12.4. The molecule has 2 rings (SSSR count). The fourth-order valence-corrected chi connectivity index (χ4v) is 2.34. The Labute approximate surface area is 118 Å². The number of hydrogen-bond acceptors (Lipinski definition) is 6. The van der Waals surface area contributed by atoms with Crippen molar-refractivity contribution in [3.05, 3.63) is 17.8 Å². The summed E-state index contributed by atoms with van der Waals surface area (Å²) < 4.78 is 10.5. The summed E-state index contributed by atoms with van der Waals surface area (Å²) in [5, 5.41) is 9.73. The van der Waals surface area contributed by atoms with Gasteiger partial charge in [-0.05, 0) is 0 Å². The van der Waals surface area contributed by atoms with Crippen LogP contribution in [0.15, 0.2) is 10.6 Å². The first-order chi connectivity index (χ1) is 9.31. The minimum atomic E-state index is -0.517. The van der Waals surface area contributed by atoms with Gasteiger partial charge in [0.1, 0.15) is 11.8 Å². The second-order valence-electron chi connectivity index (χ2n) is 6.23. The summed E-state index contributed by atoms with van der Waals surface area (Å²) in [6.45, 7) is 6.97. The van der Waals surface area contributed by atoms with Crippen LogP contribution in [0.1, 0.15) is 38.8 Å². The van der Waals surface area contributed by atoms with E-state index in [0.717, 1.165) is 5.76 Å². The predicted octanol–water partition coefficient (Wildman–Crippen LogP) is 1.08. The molecule has 6 nitrogen and oxygen atoms in total. The number of oxazole rings is 1. The number of ether oxygens (including phenoxy) is 1. The zero-order valence-corrected chi connectivity index (χ0v) is 12.4. The molecular formula is C14H22N2O4. The monoisotopic (exact) mass is 282 g/mol. The first-order valence-corrected chi connectivity index (χ1v) is 6.76. The fraction of sp³-hybridized carbons (Fsp3) is 0.714. The van der Waals surface area contributed by atoms with Crippen LogP contribution in [0.2, 0.25) is 0 Å². The van der Waals surface area contributed by atoms with E-state index >= 15 is 0 Å². The quantitative estimate of drug-likeness (QED) is 0.836. The number of likely N-dealkylation sites (tertiary alicyclic amines) is 1. The van der Waals surface area contributed by atoms with Crippen molar-refractivity contribution in [2.45, 2.75) is 51.3 Å². The van der Waals surface area contributed by atoms with Gasteiger partial charge in [0, 0.05) is 18.4 Å². The van der Waals surface area contributed by atoms with Gasteiger partial charge in [0.25, 0.3) is 0 Å². The van der Waals surface area contributed by atoms with E-state index < -0.39 is 12.1 Å². The van der Waals surface area contributed by atoms with Crippen LogP contribution < -0.4 is 0 Å². The van der Waals surface area contributed by atoms with Gasteiger partial charge < -0.3 is 14.3 Å². The molecule has 0 radical (unpaired) electrons. The number of aromatic nitrogens is 1. The summed E-state index contributed by atoms with van der Waals surface area (Å²) in [5.41, 5.74) is -0.0997. The molecule has 0 saturated carbocycles. The Kier molecular flexibility index (Phi) is 4.15. The second kappa shape index (κ2) is 5.54. The Morgan fingerprint density at radius 2 is 2.30 bits per heavy atom. The highest BCUT2D eigenvalue weighted by atomic mass is 16.5. The van der Waals surface area contributed by atoms with E-state index in [2.05, 4.69) is 4.98 Å². The number of methoxy groups -OCH3 is 1. The molecule has 0 spiro atoms. The van der Waals surface area contributed by atoms with E-state index in [-0.39, 0.29) is 11.4 Å². The van der Waals surface area contributed by atoms with E-state index in [1.807, 2.05) is 25.7 Å². The molecule has 0 aromatic carbocycles. The van der Waals surface area contributed by atoms with E-state index in [0.29, 0.717) is 25.4 Å². The minimum Gasteiger partial charge on any atom is -0.468 e. The van der Waals surface area contributed by atoms with Gasteiger partial charge in [0.2, 0.25) is 5.89 Å². The van der Waals surface area contributed by atoms with Crippen molar-refractivity contribution in [3.63, 3.8) is 0 Å². The van der Waals surface area contributed by atoms with Gasteiger partial charge in [0.15, 0.2) is 0 Å². The second-order valence-corrected chi connectivity index (χ2v) is 6.23. The van der Waals surface area contributed by atoms with E-state index in [9.17, 15) is 9.90 Å². The third kappa shape index (κ3) is 3.19. The Bertz CT molecular complexity index is 478. The van der Waals surface area contributed by atoms with Crippen molar-refractivity contribution in [2.75, 3.05) is 13.7 Å². The van der Waals surface area contributed by atoms with Gasteiger partial charge >= 0.3 is 5.97 Å². The Hall–Kier alpha value is -1.40. The topological polar surface area (TPSA) is 75.8 Å². The predicted molar refractivity (Wildman–Crippen MR) is 72.0 cm³/mol. The molecule has 1 N–H and O–H groups in total. The highest BCUT2D eigenvalue weighted by Crippen LogP contribution is 2.25. The van der Waals surface area contributed by atoms with Crippen LogP contribution >= 0.6 is 0 Å². The van der Waals surface area contributed by atoms with Crippen molar-refractivity contribution < 1.29 is 19.1 Å². The molecule has 1 aliphatic heterocycles. The van der Waals surface area contributed by atoms with Crippen LogP contribution in [-0.4, -0.2) is 46.8 Å². The molecule has 0 amide bonds. The number of aliphatic hydroxyl groups excluding tert-OH is 1. The van der Waals surface area contributed by atoms with Crippen molar-refractivity contribution in [1.29, 1.82) is 0 Å². The number of nitrogens with zero attached hydrogens (tertiary/aromatic N) is 2. The van der Waals surface area contributed by atoms with Gasteiger partial charge in [-0.15, -0.1) is 0 Å². The number of aliphatic hydroxyl groups is 1. The maximum Gasteiger partial charge on any atom is 0.323 e. The number of esters is 1. The number of carbonyl (C=O) groups is 1. The highest BCUT2D eigenvalue weighted by molar-refractivity contribution is 5.76. The number of hydrogen-bond donors (Lipinski definition) is 1. The Morgan fingerprint density at radius 1 is 1.60 bits per heavy atom. The van der Waals surface area contributed by atoms with Gasteiger partial charge in [-0.3, -0.25) is 9.69 Å². The molecule has 0 unspecified atom stereocenters. The van der Waals surface area contributed by atoms with Crippen LogP contribution in [0.3, 0.4) is 0 Å². The molecular weight excluding hydrogens is 260 g/mol. The molecule has 2 atom stereocenters. The summed E-state index contributed by atoms with van der Waals surface area (Å²) in [6.07, 6.45) is 1.59. The first-order valence-electron chi connectivity index (χ1n) is 6.76. The lowest BCUT2D eigenvalue weighted by Crippen LogP contribution is -2.36. The summed E-state index contributed by atoms with van der Waals surface area (Å²) in [6, 6.07) is -0.431. The molecule has 1 aromatic heterocycles. The molecule has 1 fully saturated rings. The zero-order chi connectivity index (χ0) is 14.9. The summed E-state index contributed by atoms with van der Waals surface area (Å²) in [4.78, 5) is 17.8. The molecule has 0 bridgehead atoms. The van der Waals surface area contributed by atoms with Crippen molar-refractivity contribution >= 4 is 5.97 Å². The van der Waals surface area contributed by atoms with Gasteiger partial charge in [-0.2, -0.15) is 0 Å². The fourth-order valence-electron chi connectivity index (χ4n) is 2.34. The van der Waals surface area contributed by atoms with Gasteiger partial charge in [-0.25, -0.2) is 4.98 Å². The maximum absolute atomic E-state index is 11.7. The van der Waals surface area contributed by atoms with Crippen molar-refractivity contribution in [2.24, 2.45) is 0 Å². The molecule has 1 saturated heterocycles. The van der Waals surface area contributed by atoms with Crippen LogP contribution in [0.25, 0.3) is 0 Å². The smallest absolute Gasteiger partial charge is 0.323 e. The van der Waals surface area contributed by atoms with Crippen LogP contribution in [0, 0.1) is 0 Å². The summed E-state index contributed by atoms with van der Waals surface area (Å²) in [5.74, 6) is 1.03. The van der Waals surface area contributed by atoms with Crippen molar-refractivity contribution in [1.82, 2.24) is 9.88 Å². The molecule has 6 heteroatoms. The van der Waals surface area contributed by atoms with Crippen LogP contribution in [-0.2, 0) is 21.5 Å². The van der Waals surface area contributed by atoms with Crippen molar-refractivity contribution in [3.8, 4) is 0 Å². The average Bonchev–Trinajstić information content (AvgIpc) is 2.95.